The van der Waals surface area contributed by atoms with Crippen LogP contribution in [0.1, 0.15) is 16.2 Å². The first kappa shape index (κ1) is 12.7. The standard InChI is InChI=1S/C12H12N4O3/c1-15-5-4-13-12(15)7-14-10-3-2-9(8-17)6-11(10)16(18)19/h2-6,8,14H,7H2,1H3. The molecule has 0 aliphatic rings. The molecule has 0 saturated carbocycles. The van der Waals surface area contributed by atoms with E-state index < -0.39 is 4.92 Å². The van der Waals surface area contributed by atoms with Crippen molar-refractivity contribution in [3.63, 3.8) is 0 Å². The number of nitrogens with zero attached hydrogens (tertiary/aromatic N) is 3. The van der Waals surface area contributed by atoms with Gasteiger partial charge in [0.05, 0.1) is 11.5 Å². The lowest BCUT2D eigenvalue weighted by molar-refractivity contribution is -0.384. The van der Waals surface area contributed by atoms with Crippen molar-refractivity contribution in [2.24, 2.45) is 7.05 Å². The third-order valence-corrected chi connectivity index (χ3v) is 2.71. The fraction of sp³-hybridized carbons (Fsp3) is 0.167. The van der Waals surface area contributed by atoms with Gasteiger partial charge in [0.25, 0.3) is 5.69 Å². The van der Waals surface area contributed by atoms with Crippen LogP contribution in [0.15, 0.2) is 30.6 Å². The molecule has 2 rings (SSSR count). The summed E-state index contributed by atoms with van der Waals surface area (Å²) in [4.78, 5) is 25.2. The average molecular weight is 260 g/mol. The maximum absolute atomic E-state index is 10.9. The fourth-order valence-electron chi connectivity index (χ4n) is 1.66. The quantitative estimate of drug-likeness (QED) is 0.502. The molecule has 0 bridgehead atoms. The lowest BCUT2D eigenvalue weighted by atomic mass is 10.2. The van der Waals surface area contributed by atoms with E-state index in [1.807, 2.05) is 11.6 Å². The van der Waals surface area contributed by atoms with E-state index in [0.29, 0.717) is 18.5 Å². The van der Waals surface area contributed by atoms with Crippen molar-refractivity contribution >= 4 is 17.7 Å². The van der Waals surface area contributed by atoms with Crippen molar-refractivity contribution < 1.29 is 9.72 Å². The van der Waals surface area contributed by atoms with E-state index in [4.69, 9.17) is 0 Å². The molecule has 1 aromatic heterocycles. The second kappa shape index (κ2) is 5.30. The number of hydrogen-bond donors (Lipinski definition) is 1. The van der Waals surface area contributed by atoms with E-state index in [2.05, 4.69) is 10.3 Å². The van der Waals surface area contributed by atoms with Gasteiger partial charge in [-0.05, 0) is 12.1 Å². The summed E-state index contributed by atoms with van der Waals surface area (Å²) in [6.07, 6.45) is 4.03. The van der Waals surface area contributed by atoms with Gasteiger partial charge in [-0.15, -0.1) is 0 Å². The highest BCUT2D eigenvalue weighted by molar-refractivity contribution is 5.79. The Morgan fingerprint density at radius 3 is 2.89 bits per heavy atom. The average Bonchev–Trinajstić information content (AvgIpc) is 2.81. The zero-order valence-electron chi connectivity index (χ0n) is 10.2. The fourth-order valence-corrected chi connectivity index (χ4v) is 1.66. The van der Waals surface area contributed by atoms with E-state index in [1.165, 1.54) is 18.2 Å². The van der Waals surface area contributed by atoms with Crippen molar-refractivity contribution in [1.82, 2.24) is 9.55 Å². The molecule has 0 spiro atoms. The van der Waals surface area contributed by atoms with Gasteiger partial charge in [-0.1, -0.05) is 0 Å². The molecule has 7 nitrogen and oxygen atoms in total. The van der Waals surface area contributed by atoms with E-state index >= 15 is 0 Å². The van der Waals surface area contributed by atoms with Crippen molar-refractivity contribution in [3.05, 3.63) is 52.1 Å². The van der Waals surface area contributed by atoms with Gasteiger partial charge in [-0.25, -0.2) is 4.98 Å². The lowest BCUT2D eigenvalue weighted by Gasteiger charge is -2.07. The van der Waals surface area contributed by atoms with Crippen LogP contribution in [0.5, 0.6) is 0 Å². The number of imidazole rings is 1. The molecule has 0 radical (unpaired) electrons. The molecule has 0 saturated heterocycles. The van der Waals surface area contributed by atoms with Gasteiger partial charge >= 0.3 is 0 Å². The number of nitro groups is 1. The number of hydrogen-bond acceptors (Lipinski definition) is 5. The minimum absolute atomic E-state index is 0.126. The van der Waals surface area contributed by atoms with Crippen LogP contribution in [0.2, 0.25) is 0 Å². The van der Waals surface area contributed by atoms with Crippen LogP contribution < -0.4 is 5.32 Å². The molecule has 1 heterocycles. The molecule has 1 N–H and O–H groups in total. The maximum atomic E-state index is 10.9. The number of aromatic nitrogens is 2. The third kappa shape index (κ3) is 2.76. The van der Waals surface area contributed by atoms with Crippen molar-refractivity contribution in [3.8, 4) is 0 Å². The Bertz CT molecular complexity index is 621. The molecule has 7 heteroatoms. The molecule has 0 unspecified atom stereocenters. The Balaban J connectivity index is 2.22. The molecule has 98 valence electrons. The minimum atomic E-state index is -0.520. The zero-order valence-corrected chi connectivity index (χ0v) is 10.2. The van der Waals surface area contributed by atoms with E-state index in [1.54, 1.807) is 12.4 Å². The molecule has 0 aliphatic heterocycles. The van der Waals surface area contributed by atoms with E-state index in [0.717, 1.165) is 5.82 Å². The highest BCUT2D eigenvalue weighted by atomic mass is 16.6. The van der Waals surface area contributed by atoms with Gasteiger partial charge in [0.2, 0.25) is 0 Å². The molecule has 0 aliphatic carbocycles. The summed E-state index contributed by atoms with van der Waals surface area (Å²) in [5, 5.41) is 13.9. The Hall–Kier alpha value is -2.70. The van der Waals surface area contributed by atoms with Crippen LogP contribution in [0.3, 0.4) is 0 Å². The number of nitro benzene ring substituents is 1. The zero-order chi connectivity index (χ0) is 13.8. The van der Waals surface area contributed by atoms with E-state index in [-0.39, 0.29) is 11.3 Å². The summed E-state index contributed by atoms with van der Waals surface area (Å²) in [6, 6.07) is 4.29. The normalized spacial score (nSPS) is 10.2. The second-order valence-electron chi connectivity index (χ2n) is 3.96. The van der Waals surface area contributed by atoms with Crippen LogP contribution in [0.4, 0.5) is 11.4 Å². The molecule has 19 heavy (non-hydrogen) atoms. The third-order valence-electron chi connectivity index (χ3n) is 2.71. The summed E-state index contributed by atoms with van der Waals surface area (Å²) in [7, 11) is 1.84. The van der Waals surface area contributed by atoms with Crippen LogP contribution in [0, 0.1) is 10.1 Å². The SMILES string of the molecule is Cn1ccnc1CNc1ccc(C=O)cc1[N+](=O)[O-]. The van der Waals surface area contributed by atoms with Gasteiger partial charge < -0.3 is 9.88 Å². The van der Waals surface area contributed by atoms with Gasteiger partial charge in [-0.3, -0.25) is 14.9 Å². The van der Waals surface area contributed by atoms with Crippen LogP contribution >= 0.6 is 0 Å². The second-order valence-corrected chi connectivity index (χ2v) is 3.96. The van der Waals surface area contributed by atoms with Crippen LogP contribution in [0.25, 0.3) is 0 Å². The number of rotatable bonds is 5. The summed E-state index contributed by atoms with van der Waals surface area (Å²) < 4.78 is 1.82. The molecule has 0 atom stereocenters. The maximum Gasteiger partial charge on any atom is 0.293 e. The Labute approximate surface area is 109 Å². The number of benzene rings is 1. The summed E-state index contributed by atoms with van der Waals surface area (Å²) in [5.74, 6) is 0.758. The summed E-state index contributed by atoms with van der Waals surface area (Å²) in [6.45, 7) is 0.366. The molecule has 2 aromatic rings. The van der Waals surface area contributed by atoms with Gasteiger partial charge in [-0.2, -0.15) is 0 Å². The highest BCUT2D eigenvalue weighted by Crippen LogP contribution is 2.25. The largest absolute Gasteiger partial charge is 0.372 e. The first-order chi connectivity index (χ1) is 9.11. The van der Waals surface area contributed by atoms with Crippen LogP contribution in [-0.2, 0) is 13.6 Å². The molecule has 0 fully saturated rings. The highest BCUT2D eigenvalue weighted by Gasteiger charge is 2.14. The minimum Gasteiger partial charge on any atom is -0.372 e. The molecule has 0 amide bonds. The molecule has 1 aromatic carbocycles. The number of aldehydes is 1. The van der Waals surface area contributed by atoms with Gasteiger partial charge in [0, 0.05) is 31.1 Å². The summed E-state index contributed by atoms with van der Waals surface area (Å²) in [5.41, 5.74) is 0.506. The van der Waals surface area contributed by atoms with Crippen molar-refractivity contribution in [1.29, 1.82) is 0 Å². The monoisotopic (exact) mass is 260 g/mol. The molecular formula is C12H12N4O3. The topological polar surface area (TPSA) is 90.1 Å². The first-order valence-electron chi connectivity index (χ1n) is 5.55. The predicted molar refractivity (Wildman–Crippen MR) is 69.0 cm³/mol. The van der Waals surface area contributed by atoms with Crippen LogP contribution in [-0.4, -0.2) is 20.8 Å². The number of nitrogens with one attached hydrogen (secondary N) is 1. The Morgan fingerprint density at radius 2 is 2.32 bits per heavy atom. The van der Waals surface area contributed by atoms with E-state index in [9.17, 15) is 14.9 Å². The summed E-state index contributed by atoms with van der Waals surface area (Å²) >= 11 is 0. The Kier molecular flexibility index (Phi) is 3.56. The number of anilines is 1. The number of carbonyl (C=O) groups is 1. The molecular weight excluding hydrogens is 248 g/mol. The first-order valence-corrected chi connectivity index (χ1v) is 5.55. The predicted octanol–water partition coefficient (Wildman–Crippen LogP) is 1.75. The smallest absolute Gasteiger partial charge is 0.293 e. The van der Waals surface area contributed by atoms with Gasteiger partial charge in [0.1, 0.15) is 17.8 Å². The van der Waals surface area contributed by atoms with Crippen molar-refractivity contribution in [2.45, 2.75) is 6.54 Å². The van der Waals surface area contributed by atoms with Gasteiger partial charge in [0.15, 0.2) is 0 Å². The number of aryl methyl sites for hydroxylation is 1. The van der Waals surface area contributed by atoms with Crippen molar-refractivity contribution in [2.75, 3.05) is 5.32 Å². The lowest BCUT2D eigenvalue weighted by Crippen LogP contribution is -2.07. The number of carbonyl (C=O) groups excluding carboxylic acids is 1. The Morgan fingerprint density at radius 1 is 1.53 bits per heavy atom.